The van der Waals surface area contributed by atoms with Gasteiger partial charge in [-0.3, -0.25) is 4.79 Å². The lowest BCUT2D eigenvalue weighted by atomic mass is 9.80. The standard InChI is InChI=1S/C19H36N2O/c1-20-14-10-9-13-18-19(22)16-11-7-5-3-2-4-6-8-12-17(15-16)21-18/h16-18,20-21H,2-15H2,1H3. The molecule has 3 unspecified atom stereocenters. The van der Waals surface area contributed by atoms with E-state index in [0.717, 1.165) is 32.2 Å². The van der Waals surface area contributed by atoms with Crippen molar-refractivity contribution in [3.05, 3.63) is 0 Å². The Labute approximate surface area is 137 Å². The van der Waals surface area contributed by atoms with Crippen LogP contribution in [-0.2, 0) is 4.79 Å². The van der Waals surface area contributed by atoms with E-state index in [0.29, 0.717) is 17.7 Å². The molecule has 2 N–H and O–H groups in total. The summed E-state index contributed by atoms with van der Waals surface area (Å²) >= 11 is 0. The summed E-state index contributed by atoms with van der Waals surface area (Å²) < 4.78 is 0. The van der Waals surface area contributed by atoms with Gasteiger partial charge in [0.2, 0.25) is 0 Å². The molecule has 0 radical (unpaired) electrons. The van der Waals surface area contributed by atoms with Gasteiger partial charge in [-0.15, -0.1) is 0 Å². The van der Waals surface area contributed by atoms with Gasteiger partial charge in [0.1, 0.15) is 0 Å². The molecule has 3 heteroatoms. The summed E-state index contributed by atoms with van der Waals surface area (Å²) in [6, 6.07) is 0.736. The Morgan fingerprint density at radius 2 is 1.68 bits per heavy atom. The number of ketones is 1. The molecular formula is C19H36N2O. The number of hydrogen-bond donors (Lipinski definition) is 2. The zero-order valence-electron chi connectivity index (χ0n) is 14.5. The van der Waals surface area contributed by atoms with E-state index in [2.05, 4.69) is 10.6 Å². The molecule has 0 aromatic rings. The summed E-state index contributed by atoms with van der Waals surface area (Å²) in [6.45, 7) is 1.06. The highest BCUT2D eigenvalue weighted by Crippen LogP contribution is 2.28. The van der Waals surface area contributed by atoms with Gasteiger partial charge in [-0.05, 0) is 45.7 Å². The second kappa shape index (κ2) is 10.4. The Balaban J connectivity index is 1.87. The molecule has 0 spiro atoms. The van der Waals surface area contributed by atoms with E-state index in [-0.39, 0.29) is 6.04 Å². The summed E-state index contributed by atoms with van der Waals surface area (Å²) in [5.41, 5.74) is 0. The van der Waals surface area contributed by atoms with Crippen molar-refractivity contribution < 1.29 is 4.79 Å². The number of carbonyl (C=O) groups excluding carboxylic acids is 1. The van der Waals surface area contributed by atoms with E-state index in [4.69, 9.17) is 0 Å². The van der Waals surface area contributed by atoms with Crippen molar-refractivity contribution in [2.24, 2.45) is 5.92 Å². The van der Waals surface area contributed by atoms with Crippen molar-refractivity contribution in [3.8, 4) is 0 Å². The number of unbranched alkanes of at least 4 members (excludes halogenated alkanes) is 1. The highest BCUT2D eigenvalue weighted by Gasteiger charge is 2.34. The molecule has 3 atom stereocenters. The van der Waals surface area contributed by atoms with Gasteiger partial charge in [0.15, 0.2) is 5.78 Å². The maximum Gasteiger partial charge on any atom is 0.152 e. The number of piperidine rings is 1. The first-order valence-electron chi connectivity index (χ1n) is 9.75. The lowest BCUT2D eigenvalue weighted by molar-refractivity contribution is -0.128. The van der Waals surface area contributed by atoms with E-state index < -0.39 is 0 Å². The van der Waals surface area contributed by atoms with E-state index in [1.165, 1.54) is 57.8 Å². The van der Waals surface area contributed by atoms with Crippen LogP contribution in [0.2, 0.25) is 0 Å². The monoisotopic (exact) mass is 308 g/mol. The van der Waals surface area contributed by atoms with Crippen LogP contribution in [0.3, 0.4) is 0 Å². The van der Waals surface area contributed by atoms with Gasteiger partial charge < -0.3 is 10.6 Å². The number of rotatable bonds is 5. The molecule has 1 saturated carbocycles. The topological polar surface area (TPSA) is 41.1 Å². The molecule has 22 heavy (non-hydrogen) atoms. The van der Waals surface area contributed by atoms with Crippen LogP contribution < -0.4 is 10.6 Å². The van der Waals surface area contributed by atoms with E-state index >= 15 is 0 Å². The molecule has 3 nitrogen and oxygen atoms in total. The second-order valence-corrected chi connectivity index (χ2v) is 7.40. The zero-order valence-corrected chi connectivity index (χ0v) is 14.5. The Hall–Kier alpha value is -0.410. The lowest BCUT2D eigenvalue weighted by Crippen LogP contribution is -2.52. The Morgan fingerprint density at radius 1 is 1.00 bits per heavy atom. The molecule has 0 aromatic heterocycles. The third-order valence-corrected chi connectivity index (χ3v) is 5.53. The summed E-state index contributed by atoms with van der Waals surface area (Å²) in [5.74, 6) is 0.873. The van der Waals surface area contributed by atoms with Crippen molar-refractivity contribution in [3.63, 3.8) is 0 Å². The minimum absolute atomic E-state index is 0.142. The Bertz CT molecular complexity index is 319. The fraction of sp³-hybridized carbons (Fsp3) is 0.947. The van der Waals surface area contributed by atoms with Crippen LogP contribution in [-0.4, -0.2) is 31.5 Å². The third-order valence-electron chi connectivity index (χ3n) is 5.53. The normalized spacial score (nSPS) is 31.3. The average molecular weight is 309 g/mol. The maximum atomic E-state index is 12.7. The van der Waals surface area contributed by atoms with Gasteiger partial charge in [0.25, 0.3) is 0 Å². The van der Waals surface area contributed by atoms with E-state index in [1.54, 1.807) is 0 Å². The lowest BCUT2D eigenvalue weighted by Gasteiger charge is -2.36. The summed E-state index contributed by atoms with van der Waals surface area (Å²) in [5, 5.41) is 6.89. The fourth-order valence-electron chi connectivity index (χ4n) is 4.18. The Morgan fingerprint density at radius 3 is 2.41 bits per heavy atom. The van der Waals surface area contributed by atoms with Gasteiger partial charge in [0, 0.05) is 12.0 Å². The molecule has 2 fully saturated rings. The van der Waals surface area contributed by atoms with Crippen molar-refractivity contribution in [1.82, 2.24) is 10.6 Å². The molecule has 128 valence electrons. The molecule has 0 amide bonds. The Kier molecular flexibility index (Phi) is 8.46. The molecule has 1 aliphatic carbocycles. The van der Waals surface area contributed by atoms with Crippen LogP contribution in [0.1, 0.15) is 83.5 Å². The van der Waals surface area contributed by atoms with Gasteiger partial charge in [-0.25, -0.2) is 0 Å². The van der Waals surface area contributed by atoms with Crippen LogP contribution in [0.25, 0.3) is 0 Å². The molecule has 2 bridgehead atoms. The molecule has 0 aromatic carbocycles. The highest BCUT2D eigenvalue weighted by molar-refractivity contribution is 5.87. The fourth-order valence-corrected chi connectivity index (χ4v) is 4.18. The summed E-state index contributed by atoms with van der Waals surface area (Å²) in [6.07, 6.45) is 16.4. The van der Waals surface area contributed by atoms with Crippen LogP contribution >= 0.6 is 0 Å². The maximum absolute atomic E-state index is 12.7. The van der Waals surface area contributed by atoms with E-state index in [1.807, 2.05) is 7.05 Å². The van der Waals surface area contributed by atoms with Gasteiger partial charge in [-0.1, -0.05) is 51.4 Å². The molecule has 1 heterocycles. The van der Waals surface area contributed by atoms with Gasteiger partial charge in [-0.2, -0.15) is 0 Å². The average Bonchev–Trinajstić information content (AvgIpc) is 2.51. The van der Waals surface area contributed by atoms with Gasteiger partial charge in [0.05, 0.1) is 6.04 Å². The first-order valence-corrected chi connectivity index (χ1v) is 9.75. The number of carbonyl (C=O) groups is 1. The number of Topliss-reactive ketones (excluding diaryl/α,β-unsaturated/α-hetero) is 1. The molecular weight excluding hydrogens is 272 g/mol. The van der Waals surface area contributed by atoms with Crippen molar-refractivity contribution in [1.29, 1.82) is 0 Å². The first kappa shape index (κ1) is 17.9. The second-order valence-electron chi connectivity index (χ2n) is 7.40. The zero-order chi connectivity index (χ0) is 15.6. The predicted molar refractivity (Wildman–Crippen MR) is 93.2 cm³/mol. The van der Waals surface area contributed by atoms with Gasteiger partial charge >= 0.3 is 0 Å². The quantitative estimate of drug-likeness (QED) is 0.759. The largest absolute Gasteiger partial charge is 0.320 e. The van der Waals surface area contributed by atoms with Crippen LogP contribution in [0.4, 0.5) is 0 Å². The predicted octanol–water partition coefficient (Wildman–Crippen LogP) is 3.82. The van der Waals surface area contributed by atoms with Crippen molar-refractivity contribution in [2.45, 2.75) is 95.6 Å². The SMILES string of the molecule is CNCCCCC1NC2CCCCCCCCCC(C2)C1=O. The third kappa shape index (κ3) is 6.00. The minimum atomic E-state index is 0.142. The molecule has 2 rings (SSSR count). The summed E-state index contributed by atoms with van der Waals surface area (Å²) in [4.78, 5) is 12.7. The van der Waals surface area contributed by atoms with Crippen LogP contribution in [0.15, 0.2) is 0 Å². The number of hydrogen-bond acceptors (Lipinski definition) is 3. The van der Waals surface area contributed by atoms with E-state index in [9.17, 15) is 4.79 Å². The highest BCUT2D eigenvalue weighted by atomic mass is 16.1. The van der Waals surface area contributed by atoms with Crippen LogP contribution in [0, 0.1) is 5.92 Å². The molecule has 1 saturated heterocycles. The summed E-state index contributed by atoms with van der Waals surface area (Å²) in [7, 11) is 2.00. The minimum Gasteiger partial charge on any atom is -0.320 e. The van der Waals surface area contributed by atoms with Crippen molar-refractivity contribution in [2.75, 3.05) is 13.6 Å². The smallest absolute Gasteiger partial charge is 0.152 e. The molecule has 2 aliphatic rings. The molecule has 1 aliphatic heterocycles. The number of nitrogens with one attached hydrogen (secondary N) is 2. The van der Waals surface area contributed by atoms with Crippen molar-refractivity contribution >= 4 is 5.78 Å². The number of fused-ring (bicyclic) bond motifs is 2. The van der Waals surface area contributed by atoms with Crippen LogP contribution in [0.5, 0.6) is 0 Å². The first-order chi connectivity index (χ1) is 10.8.